The van der Waals surface area contributed by atoms with E-state index in [9.17, 15) is 9.59 Å². The predicted molar refractivity (Wildman–Crippen MR) is 126 cm³/mol. The van der Waals surface area contributed by atoms with E-state index in [0.717, 1.165) is 17.0 Å². The number of methoxy groups -OCH3 is 1. The van der Waals surface area contributed by atoms with Crippen LogP contribution in [0, 0.1) is 35.5 Å². The Morgan fingerprint density at radius 3 is 2.36 bits per heavy atom. The van der Waals surface area contributed by atoms with Crippen LogP contribution in [-0.2, 0) is 16.2 Å². The first-order chi connectivity index (χ1) is 16.1. The third-order valence-corrected chi connectivity index (χ3v) is 8.03. The highest BCUT2D eigenvalue weighted by atomic mass is 79.9. The second-order valence-electron chi connectivity index (χ2n) is 9.20. The fourth-order valence-electron chi connectivity index (χ4n) is 5.86. The highest BCUT2D eigenvalue weighted by Crippen LogP contribution is 2.65. The summed E-state index contributed by atoms with van der Waals surface area (Å²) < 4.78 is 12.2. The van der Waals surface area contributed by atoms with E-state index in [1.165, 1.54) is 6.21 Å². The molecule has 0 aromatic heterocycles. The van der Waals surface area contributed by atoms with Crippen LogP contribution in [0.25, 0.3) is 0 Å². The molecule has 2 saturated carbocycles. The van der Waals surface area contributed by atoms with Crippen LogP contribution in [0.5, 0.6) is 11.5 Å². The molecule has 2 bridgehead atoms. The van der Waals surface area contributed by atoms with E-state index in [4.69, 9.17) is 9.47 Å². The predicted octanol–water partition coefficient (Wildman–Crippen LogP) is 4.42. The molecule has 7 rings (SSSR count). The fraction of sp³-hybridized carbons (Fsp3) is 0.346. The topological polar surface area (TPSA) is 68.2 Å². The molecule has 0 radical (unpaired) electrons. The Kier molecular flexibility index (Phi) is 4.91. The van der Waals surface area contributed by atoms with Crippen molar-refractivity contribution in [1.82, 2.24) is 5.01 Å². The SMILES string of the molecule is COc1cc(C=NN2C(=O)[C@@H]3[C@H]4C=C[C@@H]([C@@H]5C[C@H]45)[C@H]3C2=O)cc(Br)c1OCc1ccccc1. The minimum absolute atomic E-state index is 0.167. The number of benzene rings is 2. The second-order valence-corrected chi connectivity index (χ2v) is 10.1. The normalized spacial score (nSPS) is 31.2. The summed E-state index contributed by atoms with van der Waals surface area (Å²) in [6.45, 7) is 0.404. The lowest BCUT2D eigenvalue weighted by Gasteiger charge is -2.37. The molecule has 0 unspecified atom stereocenters. The van der Waals surface area contributed by atoms with Gasteiger partial charge in [0.15, 0.2) is 11.5 Å². The standard InChI is InChI=1S/C26H23BrN2O4/c1-32-21-10-15(9-20(27)24(21)33-13-14-5-3-2-4-6-14)12-28-29-25(30)22-16-7-8-17(19-11-18(16)19)23(22)26(29)31/h2-10,12,16-19,22-23H,11,13H2,1H3/t16-,17-,18-,19+,22+,23+/m0/s1. The first-order valence-corrected chi connectivity index (χ1v) is 12.0. The number of carbonyl (C=O) groups excluding carboxylic acids is 2. The molecule has 7 heteroatoms. The molecular weight excluding hydrogens is 484 g/mol. The van der Waals surface area contributed by atoms with Crippen LogP contribution in [0.15, 0.2) is 64.2 Å². The maximum Gasteiger partial charge on any atom is 0.254 e. The highest BCUT2D eigenvalue weighted by Gasteiger charge is 2.67. The minimum atomic E-state index is -0.247. The summed E-state index contributed by atoms with van der Waals surface area (Å²) in [5.74, 6) is 1.83. The molecule has 0 N–H and O–H groups in total. The molecule has 4 aliphatic carbocycles. The number of carbonyl (C=O) groups is 2. The average molecular weight is 507 g/mol. The lowest BCUT2D eigenvalue weighted by molar-refractivity contribution is -0.140. The summed E-state index contributed by atoms with van der Waals surface area (Å²) in [5.41, 5.74) is 1.75. The summed E-state index contributed by atoms with van der Waals surface area (Å²) in [4.78, 5) is 26.2. The second kappa shape index (κ2) is 7.83. The number of nitrogens with zero attached hydrogens (tertiary/aromatic N) is 2. The number of ether oxygens (including phenoxy) is 2. The Morgan fingerprint density at radius 2 is 1.73 bits per heavy atom. The first kappa shape index (κ1) is 20.7. The summed E-state index contributed by atoms with van der Waals surface area (Å²) in [6.07, 6.45) is 7.01. The van der Waals surface area contributed by atoms with E-state index in [1.807, 2.05) is 36.4 Å². The molecule has 1 saturated heterocycles. The molecule has 1 heterocycles. The van der Waals surface area contributed by atoms with Gasteiger partial charge in [0.1, 0.15) is 6.61 Å². The van der Waals surface area contributed by atoms with Gasteiger partial charge in [0.05, 0.1) is 29.6 Å². The van der Waals surface area contributed by atoms with Crippen LogP contribution >= 0.6 is 15.9 Å². The van der Waals surface area contributed by atoms with Gasteiger partial charge in [-0.15, -0.1) is 0 Å². The Balaban J connectivity index is 1.21. The van der Waals surface area contributed by atoms with E-state index in [2.05, 4.69) is 33.2 Å². The number of halogens is 1. The van der Waals surface area contributed by atoms with Crippen molar-refractivity contribution >= 4 is 34.0 Å². The first-order valence-electron chi connectivity index (χ1n) is 11.2. The molecular formula is C26H23BrN2O4. The summed E-state index contributed by atoms with van der Waals surface area (Å²) in [7, 11) is 1.57. The summed E-state index contributed by atoms with van der Waals surface area (Å²) >= 11 is 3.55. The molecule has 0 spiro atoms. The van der Waals surface area contributed by atoms with E-state index in [-0.39, 0.29) is 35.5 Å². The molecule has 5 aliphatic rings. The van der Waals surface area contributed by atoms with Gasteiger partial charge in [-0.3, -0.25) is 9.59 Å². The van der Waals surface area contributed by atoms with Crippen LogP contribution < -0.4 is 9.47 Å². The number of hydrazone groups is 1. The van der Waals surface area contributed by atoms with Crippen LogP contribution in [0.3, 0.4) is 0 Å². The lowest BCUT2D eigenvalue weighted by Crippen LogP contribution is -2.40. The number of hydrogen-bond donors (Lipinski definition) is 0. The van der Waals surface area contributed by atoms with Gasteiger partial charge in [0.25, 0.3) is 11.8 Å². The maximum absolute atomic E-state index is 13.1. The van der Waals surface area contributed by atoms with Crippen LogP contribution in [-0.4, -0.2) is 30.1 Å². The van der Waals surface area contributed by atoms with Gasteiger partial charge in [-0.1, -0.05) is 42.5 Å². The zero-order chi connectivity index (χ0) is 22.7. The van der Waals surface area contributed by atoms with Crippen molar-refractivity contribution < 1.29 is 19.1 Å². The van der Waals surface area contributed by atoms with Gasteiger partial charge in [-0.25, -0.2) is 0 Å². The average Bonchev–Trinajstić information content (AvgIpc) is 3.61. The van der Waals surface area contributed by atoms with Crippen LogP contribution in [0.1, 0.15) is 17.5 Å². The molecule has 2 aromatic carbocycles. The Bertz CT molecular complexity index is 1160. The molecule has 3 fully saturated rings. The third-order valence-electron chi connectivity index (χ3n) is 7.44. The number of rotatable bonds is 6. The van der Waals surface area contributed by atoms with Crippen LogP contribution in [0.4, 0.5) is 0 Å². The highest BCUT2D eigenvalue weighted by molar-refractivity contribution is 9.10. The fourth-order valence-corrected chi connectivity index (χ4v) is 6.44. The van der Waals surface area contributed by atoms with Crippen LogP contribution in [0.2, 0.25) is 0 Å². The molecule has 2 amide bonds. The zero-order valence-corrected chi connectivity index (χ0v) is 19.6. The van der Waals surface area contributed by atoms with E-state index >= 15 is 0 Å². The van der Waals surface area contributed by atoms with Gasteiger partial charge in [0.2, 0.25) is 0 Å². The largest absolute Gasteiger partial charge is 0.493 e. The molecule has 2 aromatic rings. The van der Waals surface area contributed by atoms with Crippen molar-refractivity contribution in [2.45, 2.75) is 13.0 Å². The molecule has 6 nitrogen and oxygen atoms in total. The summed E-state index contributed by atoms with van der Waals surface area (Å²) in [5, 5.41) is 5.41. The van der Waals surface area contributed by atoms with E-state index in [0.29, 0.717) is 40.0 Å². The van der Waals surface area contributed by atoms with Gasteiger partial charge in [-0.05, 0) is 69.3 Å². The van der Waals surface area contributed by atoms with Gasteiger partial charge in [-0.2, -0.15) is 10.1 Å². The van der Waals surface area contributed by atoms with Gasteiger partial charge >= 0.3 is 0 Å². The number of imide groups is 1. The Morgan fingerprint density at radius 1 is 1.06 bits per heavy atom. The van der Waals surface area contributed by atoms with Crippen molar-refractivity contribution in [3.05, 3.63) is 70.2 Å². The van der Waals surface area contributed by atoms with Crippen molar-refractivity contribution in [3.63, 3.8) is 0 Å². The Hall–Kier alpha value is -2.93. The maximum atomic E-state index is 13.1. The lowest BCUT2D eigenvalue weighted by atomic mass is 9.63. The molecule has 6 atom stereocenters. The van der Waals surface area contributed by atoms with E-state index in [1.54, 1.807) is 13.2 Å². The molecule has 168 valence electrons. The van der Waals surface area contributed by atoms with Crippen molar-refractivity contribution in [2.75, 3.05) is 7.11 Å². The molecule has 1 aliphatic heterocycles. The quantitative estimate of drug-likeness (QED) is 0.330. The van der Waals surface area contributed by atoms with Gasteiger partial charge in [0, 0.05) is 0 Å². The monoisotopic (exact) mass is 506 g/mol. The minimum Gasteiger partial charge on any atom is -0.493 e. The van der Waals surface area contributed by atoms with Crippen molar-refractivity contribution in [1.29, 1.82) is 0 Å². The zero-order valence-electron chi connectivity index (χ0n) is 18.1. The smallest absolute Gasteiger partial charge is 0.254 e. The third kappa shape index (κ3) is 3.32. The Labute approximate surface area is 200 Å². The molecule has 33 heavy (non-hydrogen) atoms. The van der Waals surface area contributed by atoms with Crippen molar-refractivity contribution in [2.24, 2.45) is 40.6 Å². The van der Waals surface area contributed by atoms with Crippen molar-refractivity contribution in [3.8, 4) is 11.5 Å². The van der Waals surface area contributed by atoms with E-state index < -0.39 is 0 Å². The number of hydrogen-bond acceptors (Lipinski definition) is 5. The van der Waals surface area contributed by atoms with Gasteiger partial charge < -0.3 is 9.47 Å². The number of amides is 2. The summed E-state index contributed by atoms with van der Waals surface area (Å²) in [6, 6.07) is 13.5. The number of allylic oxidation sites excluding steroid dienone is 2.